The zero-order valence-electron chi connectivity index (χ0n) is 12.4. The van der Waals surface area contributed by atoms with E-state index >= 15 is 0 Å². The van der Waals surface area contributed by atoms with Gasteiger partial charge in [0.05, 0.1) is 17.8 Å². The number of hydrogen-bond donors (Lipinski definition) is 1. The number of anilines is 1. The van der Waals surface area contributed by atoms with Gasteiger partial charge in [0.15, 0.2) is 0 Å². The lowest BCUT2D eigenvalue weighted by Gasteiger charge is -2.12. The summed E-state index contributed by atoms with van der Waals surface area (Å²) in [6, 6.07) is 14.4. The number of aromatic nitrogens is 2. The van der Waals surface area contributed by atoms with Crippen LogP contribution >= 0.6 is 0 Å². The molecule has 0 saturated carbocycles. The van der Waals surface area contributed by atoms with Crippen molar-refractivity contribution in [2.45, 2.75) is 26.8 Å². The molecule has 1 N–H and O–H groups in total. The average molecular weight is 277 g/mol. The molecule has 0 unspecified atom stereocenters. The molecule has 0 atom stereocenters. The van der Waals surface area contributed by atoms with Crippen LogP contribution in [0.3, 0.4) is 0 Å². The molecule has 0 aliphatic rings. The lowest BCUT2D eigenvalue weighted by Crippen LogP contribution is -2.05. The van der Waals surface area contributed by atoms with Gasteiger partial charge in [0.2, 0.25) is 0 Å². The lowest BCUT2D eigenvalue weighted by molar-refractivity contribution is 1.01. The third-order valence-corrected chi connectivity index (χ3v) is 3.70. The number of aryl methyl sites for hydroxylation is 2. The van der Waals surface area contributed by atoms with Gasteiger partial charge < -0.3 is 5.32 Å². The van der Waals surface area contributed by atoms with Crippen LogP contribution < -0.4 is 5.32 Å². The molecule has 0 radical (unpaired) electrons. The second-order valence-corrected chi connectivity index (χ2v) is 5.15. The average Bonchev–Trinajstić information content (AvgIpc) is 2.53. The fourth-order valence-corrected chi connectivity index (χ4v) is 2.44. The third kappa shape index (κ3) is 2.87. The lowest BCUT2D eigenvalue weighted by atomic mass is 10.1. The second-order valence-electron chi connectivity index (χ2n) is 5.15. The number of benzene rings is 1. The monoisotopic (exact) mass is 277 g/mol. The van der Waals surface area contributed by atoms with Crippen molar-refractivity contribution < 1.29 is 0 Å². The molecule has 3 aromatic rings. The van der Waals surface area contributed by atoms with Gasteiger partial charge in [-0.15, -0.1) is 0 Å². The van der Waals surface area contributed by atoms with Gasteiger partial charge in [0.25, 0.3) is 0 Å². The topological polar surface area (TPSA) is 37.8 Å². The van der Waals surface area contributed by atoms with Crippen molar-refractivity contribution in [3.05, 3.63) is 65.6 Å². The summed E-state index contributed by atoms with van der Waals surface area (Å²) in [5, 5.41) is 4.67. The molecule has 0 fully saturated rings. The largest absolute Gasteiger partial charge is 0.379 e. The highest BCUT2D eigenvalue weighted by atomic mass is 14.9. The van der Waals surface area contributed by atoms with E-state index in [1.54, 1.807) is 0 Å². The summed E-state index contributed by atoms with van der Waals surface area (Å²) in [6.07, 6.45) is 2.77. The molecule has 2 heterocycles. The van der Waals surface area contributed by atoms with Crippen molar-refractivity contribution >= 4 is 16.6 Å². The van der Waals surface area contributed by atoms with Gasteiger partial charge in [-0.2, -0.15) is 0 Å². The Morgan fingerprint density at radius 1 is 1.10 bits per heavy atom. The van der Waals surface area contributed by atoms with Gasteiger partial charge >= 0.3 is 0 Å². The maximum absolute atomic E-state index is 4.67. The van der Waals surface area contributed by atoms with Crippen LogP contribution in [0.5, 0.6) is 0 Å². The summed E-state index contributed by atoms with van der Waals surface area (Å²) in [7, 11) is 0. The summed E-state index contributed by atoms with van der Waals surface area (Å²) >= 11 is 0. The van der Waals surface area contributed by atoms with E-state index < -0.39 is 0 Å². The van der Waals surface area contributed by atoms with Crippen molar-refractivity contribution in [2.24, 2.45) is 0 Å². The molecule has 0 bridgehead atoms. The van der Waals surface area contributed by atoms with Crippen LogP contribution in [0.1, 0.15) is 23.9 Å². The molecule has 3 nitrogen and oxygen atoms in total. The fourth-order valence-electron chi connectivity index (χ4n) is 2.44. The van der Waals surface area contributed by atoms with Crippen molar-refractivity contribution in [3.8, 4) is 0 Å². The summed E-state index contributed by atoms with van der Waals surface area (Å²) in [4.78, 5) is 9.11. The Balaban J connectivity index is 1.94. The first kappa shape index (κ1) is 13.6. The van der Waals surface area contributed by atoms with Crippen LogP contribution in [0.25, 0.3) is 10.9 Å². The number of nitrogens with one attached hydrogen (secondary N) is 1. The minimum absolute atomic E-state index is 0.726. The number of fused-ring (bicyclic) bond motifs is 1. The molecule has 0 spiro atoms. The first-order valence-corrected chi connectivity index (χ1v) is 7.31. The van der Waals surface area contributed by atoms with Crippen LogP contribution in [0, 0.1) is 6.92 Å². The normalized spacial score (nSPS) is 10.8. The molecular weight excluding hydrogens is 258 g/mol. The predicted molar refractivity (Wildman–Crippen MR) is 87.4 cm³/mol. The van der Waals surface area contributed by atoms with Gasteiger partial charge in [-0.1, -0.05) is 31.2 Å². The first-order chi connectivity index (χ1) is 10.3. The molecule has 0 aliphatic heterocycles. The standard InChI is InChI=1S/C18H19N3/c1-3-14-11-17(15-8-4-5-9-16(15)21-14)20-12-18-13(2)7-6-10-19-18/h4-11H,3,12H2,1-2H3,(H,20,21). The maximum Gasteiger partial charge on any atom is 0.0726 e. The van der Waals surface area contributed by atoms with Crippen molar-refractivity contribution in [3.63, 3.8) is 0 Å². The van der Waals surface area contributed by atoms with E-state index in [2.05, 4.69) is 53.4 Å². The van der Waals surface area contributed by atoms with Gasteiger partial charge in [-0.05, 0) is 37.1 Å². The maximum atomic E-state index is 4.67. The fraction of sp³-hybridized carbons (Fsp3) is 0.222. The van der Waals surface area contributed by atoms with Crippen LogP contribution in [0.4, 0.5) is 5.69 Å². The molecule has 2 aromatic heterocycles. The minimum Gasteiger partial charge on any atom is -0.379 e. The molecule has 0 saturated heterocycles. The SMILES string of the molecule is CCc1cc(NCc2ncccc2C)c2ccccc2n1. The molecule has 21 heavy (non-hydrogen) atoms. The van der Waals surface area contributed by atoms with E-state index in [-0.39, 0.29) is 0 Å². The zero-order chi connectivity index (χ0) is 14.7. The third-order valence-electron chi connectivity index (χ3n) is 3.70. The van der Waals surface area contributed by atoms with Gasteiger partial charge in [-0.25, -0.2) is 0 Å². The Morgan fingerprint density at radius 2 is 1.95 bits per heavy atom. The Bertz CT molecular complexity index is 765. The van der Waals surface area contributed by atoms with E-state index in [9.17, 15) is 0 Å². The van der Waals surface area contributed by atoms with E-state index in [4.69, 9.17) is 0 Å². The number of nitrogens with zero attached hydrogens (tertiary/aromatic N) is 2. The summed E-state index contributed by atoms with van der Waals surface area (Å²) in [5.41, 5.74) is 5.56. The number of pyridine rings is 2. The highest BCUT2D eigenvalue weighted by molar-refractivity contribution is 5.91. The van der Waals surface area contributed by atoms with E-state index in [1.807, 2.05) is 24.4 Å². The molecule has 0 aliphatic carbocycles. The number of hydrogen-bond acceptors (Lipinski definition) is 3. The molecule has 1 aromatic carbocycles. The van der Waals surface area contributed by atoms with E-state index in [0.717, 1.165) is 40.9 Å². The molecule has 106 valence electrons. The smallest absolute Gasteiger partial charge is 0.0726 e. The van der Waals surface area contributed by atoms with Gasteiger partial charge in [0.1, 0.15) is 0 Å². The van der Waals surface area contributed by atoms with E-state index in [1.165, 1.54) is 5.56 Å². The van der Waals surface area contributed by atoms with Crippen LogP contribution in [-0.4, -0.2) is 9.97 Å². The van der Waals surface area contributed by atoms with Crippen molar-refractivity contribution in [1.29, 1.82) is 0 Å². The van der Waals surface area contributed by atoms with Crippen LogP contribution in [0.15, 0.2) is 48.7 Å². The summed E-state index contributed by atoms with van der Waals surface area (Å²) < 4.78 is 0. The Kier molecular flexibility index (Phi) is 3.82. The Morgan fingerprint density at radius 3 is 2.76 bits per heavy atom. The molecular formula is C18H19N3. The second kappa shape index (κ2) is 5.92. The van der Waals surface area contributed by atoms with Gasteiger partial charge in [-0.3, -0.25) is 9.97 Å². The number of para-hydroxylation sites is 1. The zero-order valence-corrected chi connectivity index (χ0v) is 12.4. The molecule has 0 amide bonds. The van der Waals surface area contributed by atoms with E-state index in [0.29, 0.717) is 0 Å². The summed E-state index contributed by atoms with van der Waals surface area (Å²) in [5.74, 6) is 0. The van der Waals surface area contributed by atoms with Gasteiger partial charge in [0, 0.05) is 23.0 Å². The Hall–Kier alpha value is -2.42. The highest BCUT2D eigenvalue weighted by Gasteiger charge is 2.05. The van der Waals surface area contributed by atoms with Crippen LogP contribution in [0.2, 0.25) is 0 Å². The predicted octanol–water partition coefficient (Wildman–Crippen LogP) is 4.11. The highest BCUT2D eigenvalue weighted by Crippen LogP contribution is 2.24. The quantitative estimate of drug-likeness (QED) is 0.779. The number of rotatable bonds is 4. The summed E-state index contributed by atoms with van der Waals surface area (Å²) in [6.45, 7) is 4.94. The minimum atomic E-state index is 0.726. The molecule has 3 rings (SSSR count). The molecule has 3 heteroatoms. The Labute approximate surface area is 125 Å². The van der Waals surface area contributed by atoms with Crippen molar-refractivity contribution in [2.75, 3.05) is 5.32 Å². The van der Waals surface area contributed by atoms with Crippen molar-refractivity contribution in [1.82, 2.24) is 9.97 Å². The first-order valence-electron chi connectivity index (χ1n) is 7.31. The van der Waals surface area contributed by atoms with Crippen LogP contribution in [-0.2, 0) is 13.0 Å².